The summed E-state index contributed by atoms with van der Waals surface area (Å²) in [5.74, 6) is -0.268. The van der Waals surface area contributed by atoms with Gasteiger partial charge in [0.1, 0.15) is 0 Å². The van der Waals surface area contributed by atoms with Gasteiger partial charge in [-0.15, -0.1) is 0 Å². The molecule has 0 aromatic heterocycles. The van der Waals surface area contributed by atoms with E-state index in [4.69, 9.17) is 0 Å². The summed E-state index contributed by atoms with van der Waals surface area (Å²) in [5, 5.41) is 2.74. The first-order valence-corrected chi connectivity index (χ1v) is 9.96. The molecule has 26 heavy (non-hydrogen) atoms. The smallest absolute Gasteiger partial charge is 0.261 e. The summed E-state index contributed by atoms with van der Waals surface area (Å²) in [6.07, 6.45) is 0. The molecule has 0 aliphatic rings. The molecule has 0 spiro atoms. The Hall–Kier alpha value is -2.64. The van der Waals surface area contributed by atoms with Gasteiger partial charge in [-0.05, 0) is 60.7 Å². The Bertz CT molecular complexity index is 1000. The fraction of sp³-hybridized carbons (Fsp3) is 0. The quantitative estimate of drug-likeness (QED) is 0.625. The van der Waals surface area contributed by atoms with Crippen molar-refractivity contribution >= 4 is 43.2 Å². The van der Waals surface area contributed by atoms with E-state index in [9.17, 15) is 13.2 Å². The molecule has 0 radical (unpaired) electrons. The maximum absolute atomic E-state index is 12.4. The fourth-order valence-electron chi connectivity index (χ4n) is 2.24. The number of nitrogens with one attached hydrogen (secondary N) is 2. The van der Waals surface area contributed by atoms with Crippen LogP contribution < -0.4 is 10.0 Å². The molecule has 7 heteroatoms. The SMILES string of the molecule is O=C(Nc1ccc(S(=O)(=O)Nc2ccccc2)cc1)c1ccc(Br)cc1. The number of para-hydroxylation sites is 1. The van der Waals surface area contributed by atoms with Crippen molar-refractivity contribution in [2.75, 3.05) is 10.0 Å². The Morgan fingerprint density at radius 2 is 1.38 bits per heavy atom. The van der Waals surface area contributed by atoms with Crippen LogP contribution >= 0.6 is 15.9 Å². The summed E-state index contributed by atoms with van der Waals surface area (Å²) < 4.78 is 28.2. The summed E-state index contributed by atoms with van der Waals surface area (Å²) in [7, 11) is -3.68. The normalized spacial score (nSPS) is 11.0. The van der Waals surface area contributed by atoms with Crippen molar-refractivity contribution in [1.82, 2.24) is 0 Å². The van der Waals surface area contributed by atoms with Gasteiger partial charge in [-0.1, -0.05) is 34.1 Å². The summed E-state index contributed by atoms with van der Waals surface area (Å²) in [4.78, 5) is 12.3. The molecule has 0 unspecified atom stereocenters. The predicted octanol–water partition coefficient (Wildman–Crippen LogP) is 4.50. The number of amides is 1. The lowest BCUT2D eigenvalue weighted by Gasteiger charge is -2.09. The molecule has 2 N–H and O–H groups in total. The summed E-state index contributed by atoms with van der Waals surface area (Å²) >= 11 is 3.32. The highest BCUT2D eigenvalue weighted by Crippen LogP contribution is 2.19. The van der Waals surface area contributed by atoms with Gasteiger partial charge in [0.05, 0.1) is 4.90 Å². The number of hydrogen-bond acceptors (Lipinski definition) is 3. The van der Waals surface area contributed by atoms with E-state index >= 15 is 0 Å². The zero-order valence-electron chi connectivity index (χ0n) is 13.5. The van der Waals surface area contributed by atoms with E-state index in [0.717, 1.165) is 4.47 Å². The Kier molecular flexibility index (Phi) is 5.39. The van der Waals surface area contributed by atoms with Gasteiger partial charge >= 0.3 is 0 Å². The van der Waals surface area contributed by atoms with Crippen molar-refractivity contribution in [3.05, 3.63) is 88.9 Å². The van der Waals surface area contributed by atoms with Crippen LogP contribution in [0.15, 0.2) is 88.2 Å². The molecule has 0 aliphatic carbocycles. The van der Waals surface area contributed by atoms with E-state index in [1.165, 1.54) is 12.1 Å². The summed E-state index contributed by atoms with van der Waals surface area (Å²) in [5.41, 5.74) is 1.51. The monoisotopic (exact) mass is 430 g/mol. The highest BCUT2D eigenvalue weighted by molar-refractivity contribution is 9.10. The molecule has 0 aliphatic heterocycles. The number of anilines is 2. The Balaban J connectivity index is 1.71. The lowest BCUT2D eigenvalue weighted by molar-refractivity contribution is 0.102. The minimum Gasteiger partial charge on any atom is -0.322 e. The van der Waals surface area contributed by atoms with E-state index in [-0.39, 0.29) is 10.8 Å². The first-order valence-electron chi connectivity index (χ1n) is 7.69. The van der Waals surface area contributed by atoms with Gasteiger partial charge < -0.3 is 5.32 Å². The first-order chi connectivity index (χ1) is 12.4. The largest absolute Gasteiger partial charge is 0.322 e. The van der Waals surface area contributed by atoms with Gasteiger partial charge in [0.2, 0.25) is 0 Å². The number of benzene rings is 3. The molecule has 1 amide bonds. The molecule has 5 nitrogen and oxygen atoms in total. The summed E-state index contributed by atoms with van der Waals surface area (Å²) in [6, 6.07) is 21.6. The molecular weight excluding hydrogens is 416 g/mol. The number of sulfonamides is 1. The molecule has 0 fully saturated rings. The number of carbonyl (C=O) groups excluding carboxylic acids is 1. The van der Waals surface area contributed by atoms with Crippen LogP contribution in [0.3, 0.4) is 0 Å². The Morgan fingerprint density at radius 1 is 0.769 bits per heavy atom. The zero-order valence-corrected chi connectivity index (χ0v) is 15.9. The van der Waals surface area contributed by atoms with Crippen LogP contribution in [0, 0.1) is 0 Å². The topological polar surface area (TPSA) is 75.3 Å². The van der Waals surface area contributed by atoms with E-state index in [1.54, 1.807) is 66.7 Å². The third kappa shape index (κ3) is 4.50. The number of hydrogen-bond donors (Lipinski definition) is 2. The minimum absolute atomic E-state index is 0.114. The number of carbonyl (C=O) groups is 1. The second-order valence-electron chi connectivity index (χ2n) is 5.46. The van der Waals surface area contributed by atoms with Gasteiger partial charge in [-0.25, -0.2) is 8.42 Å². The molecule has 0 atom stereocenters. The van der Waals surface area contributed by atoms with Crippen molar-refractivity contribution in [2.24, 2.45) is 0 Å². The molecule has 0 heterocycles. The van der Waals surface area contributed by atoms with Crippen LogP contribution in [0.4, 0.5) is 11.4 Å². The molecule has 3 aromatic carbocycles. The van der Waals surface area contributed by atoms with Gasteiger partial charge in [0.15, 0.2) is 0 Å². The van der Waals surface area contributed by atoms with Crippen molar-refractivity contribution in [3.63, 3.8) is 0 Å². The van der Waals surface area contributed by atoms with Crippen LogP contribution in [-0.4, -0.2) is 14.3 Å². The van der Waals surface area contributed by atoms with E-state index in [0.29, 0.717) is 16.9 Å². The molecule has 0 saturated heterocycles. The molecule has 132 valence electrons. The molecule has 0 bridgehead atoms. The average molecular weight is 431 g/mol. The summed E-state index contributed by atoms with van der Waals surface area (Å²) in [6.45, 7) is 0. The third-order valence-electron chi connectivity index (χ3n) is 3.55. The molecule has 3 aromatic rings. The lowest BCUT2D eigenvalue weighted by atomic mass is 10.2. The first kappa shape index (κ1) is 18.2. The highest BCUT2D eigenvalue weighted by Gasteiger charge is 2.14. The maximum atomic E-state index is 12.4. The lowest BCUT2D eigenvalue weighted by Crippen LogP contribution is -2.14. The van der Waals surface area contributed by atoms with Gasteiger partial charge in [-0.2, -0.15) is 0 Å². The zero-order chi connectivity index (χ0) is 18.6. The van der Waals surface area contributed by atoms with Crippen molar-refractivity contribution < 1.29 is 13.2 Å². The van der Waals surface area contributed by atoms with Crippen molar-refractivity contribution in [2.45, 2.75) is 4.90 Å². The fourth-order valence-corrected chi connectivity index (χ4v) is 3.57. The van der Waals surface area contributed by atoms with Crippen LogP contribution in [0.1, 0.15) is 10.4 Å². The second kappa shape index (κ2) is 7.72. The number of rotatable bonds is 5. The predicted molar refractivity (Wildman–Crippen MR) is 106 cm³/mol. The second-order valence-corrected chi connectivity index (χ2v) is 8.05. The Labute approximate surface area is 160 Å². The van der Waals surface area contributed by atoms with Gasteiger partial charge in [-0.3, -0.25) is 9.52 Å². The van der Waals surface area contributed by atoms with Crippen LogP contribution in [0.5, 0.6) is 0 Å². The van der Waals surface area contributed by atoms with Crippen molar-refractivity contribution in [1.29, 1.82) is 0 Å². The standard InChI is InChI=1S/C19H15BrN2O3S/c20-15-8-6-14(7-9-15)19(23)21-16-10-12-18(13-11-16)26(24,25)22-17-4-2-1-3-5-17/h1-13,22H,(H,21,23). The Morgan fingerprint density at radius 3 is 2.00 bits per heavy atom. The molecule has 3 rings (SSSR count). The van der Waals surface area contributed by atoms with Crippen LogP contribution in [-0.2, 0) is 10.0 Å². The minimum atomic E-state index is -3.68. The molecular formula is C19H15BrN2O3S. The van der Waals surface area contributed by atoms with Gasteiger partial charge in [0.25, 0.3) is 15.9 Å². The highest BCUT2D eigenvalue weighted by atomic mass is 79.9. The van der Waals surface area contributed by atoms with E-state index < -0.39 is 10.0 Å². The average Bonchev–Trinajstić information content (AvgIpc) is 2.63. The third-order valence-corrected chi connectivity index (χ3v) is 5.48. The van der Waals surface area contributed by atoms with E-state index in [2.05, 4.69) is 26.0 Å². The van der Waals surface area contributed by atoms with Gasteiger partial charge in [0, 0.05) is 21.4 Å². The maximum Gasteiger partial charge on any atom is 0.261 e. The van der Waals surface area contributed by atoms with Crippen LogP contribution in [0.2, 0.25) is 0 Å². The number of halogens is 1. The van der Waals surface area contributed by atoms with E-state index in [1.807, 2.05) is 0 Å². The van der Waals surface area contributed by atoms with Crippen LogP contribution in [0.25, 0.3) is 0 Å². The molecule has 0 saturated carbocycles. The van der Waals surface area contributed by atoms with Crippen molar-refractivity contribution in [3.8, 4) is 0 Å².